The minimum Gasteiger partial charge on any atom is -0.299 e. The highest BCUT2D eigenvalue weighted by Gasteiger charge is 2.12. The van der Waals surface area contributed by atoms with Crippen molar-refractivity contribution in [1.82, 2.24) is 10.7 Å². The standard InChI is InChI=1S/C18H13ClN4O3S/c19-16-6-2-3-13-14(16)4-1-5-15(13)17(24)20-18(27)22-21-11-7-9-12(10-8-11)23(25)26/h1-10,21H,(H2,20,22,24,27). The molecule has 3 aromatic rings. The summed E-state index contributed by atoms with van der Waals surface area (Å²) in [6.45, 7) is 0. The maximum atomic E-state index is 12.5. The molecule has 3 rings (SSSR count). The molecule has 0 heterocycles. The molecule has 0 unspecified atom stereocenters. The molecule has 136 valence electrons. The molecule has 0 bridgehead atoms. The van der Waals surface area contributed by atoms with Gasteiger partial charge in [0.05, 0.1) is 10.6 Å². The highest BCUT2D eigenvalue weighted by atomic mass is 35.5. The molecule has 3 aromatic carbocycles. The number of fused-ring (bicyclic) bond motifs is 1. The maximum absolute atomic E-state index is 12.5. The van der Waals surface area contributed by atoms with Crippen molar-refractivity contribution in [2.75, 3.05) is 5.43 Å². The lowest BCUT2D eigenvalue weighted by Gasteiger charge is -2.12. The van der Waals surface area contributed by atoms with Crippen LogP contribution >= 0.6 is 23.8 Å². The van der Waals surface area contributed by atoms with E-state index in [-0.39, 0.29) is 16.7 Å². The van der Waals surface area contributed by atoms with Gasteiger partial charge in [-0.2, -0.15) is 0 Å². The highest BCUT2D eigenvalue weighted by Crippen LogP contribution is 2.25. The van der Waals surface area contributed by atoms with Crippen molar-refractivity contribution in [3.8, 4) is 0 Å². The number of halogens is 1. The van der Waals surface area contributed by atoms with Crippen molar-refractivity contribution >= 4 is 57.0 Å². The van der Waals surface area contributed by atoms with Gasteiger partial charge in [0, 0.05) is 28.1 Å². The van der Waals surface area contributed by atoms with E-state index < -0.39 is 4.92 Å². The molecular weight excluding hydrogens is 388 g/mol. The third-order valence-corrected chi connectivity index (χ3v) is 4.27. The summed E-state index contributed by atoms with van der Waals surface area (Å²) in [5, 5.41) is 15.3. The number of hydrazine groups is 1. The number of hydrogen-bond donors (Lipinski definition) is 3. The Morgan fingerprint density at radius 2 is 1.67 bits per heavy atom. The predicted octanol–water partition coefficient (Wildman–Crippen LogP) is 4.03. The van der Waals surface area contributed by atoms with E-state index >= 15 is 0 Å². The summed E-state index contributed by atoms with van der Waals surface area (Å²) < 4.78 is 0. The summed E-state index contributed by atoms with van der Waals surface area (Å²) in [7, 11) is 0. The van der Waals surface area contributed by atoms with Crippen molar-refractivity contribution in [3.05, 3.63) is 81.4 Å². The molecular formula is C18H13ClN4O3S. The van der Waals surface area contributed by atoms with Crippen LogP contribution in [0.15, 0.2) is 60.7 Å². The Bertz CT molecular complexity index is 1040. The van der Waals surface area contributed by atoms with Crippen LogP contribution in [0.4, 0.5) is 11.4 Å². The summed E-state index contributed by atoms with van der Waals surface area (Å²) >= 11 is 11.3. The van der Waals surface area contributed by atoms with Crippen LogP contribution in [0.5, 0.6) is 0 Å². The molecule has 0 fully saturated rings. The molecule has 0 aliphatic carbocycles. The average Bonchev–Trinajstić information content (AvgIpc) is 2.66. The van der Waals surface area contributed by atoms with Gasteiger partial charge in [0.2, 0.25) is 0 Å². The second kappa shape index (κ2) is 7.98. The Morgan fingerprint density at radius 3 is 2.37 bits per heavy atom. The van der Waals surface area contributed by atoms with Crippen molar-refractivity contribution in [2.24, 2.45) is 0 Å². The number of nitrogens with one attached hydrogen (secondary N) is 3. The van der Waals surface area contributed by atoms with Crippen molar-refractivity contribution in [1.29, 1.82) is 0 Å². The van der Waals surface area contributed by atoms with Gasteiger partial charge in [-0.05, 0) is 41.9 Å². The van der Waals surface area contributed by atoms with Crippen LogP contribution in [-0.2, 0) is 0 Å². The smallest absolute Gasteiger partial charge is 0.269 e. The Kier molecular flexibility index (Phi) is 5.49. The Balaban J connectivity index is 1.65. The molecule has 0 aliphatic rings. The Hall–Kier alpha value is -3.23. The molecule has 3 N–H and O–H groups in total. The van der Waals surface area contributed by atoms with Crippen LogP contribution in [0.1, 0.15) is 10.4 Å². The van der Waals surface area contributed by atoms with E-state index in [2.05, 4.69) is 16.2 Å². The first-order valence-electron chi connectivity index (χ1n) is 7.75. The number of rotatable bonds is 4. The van der Waals surface area contributed by atoms with E-state index in [0.717, 1.165) is 5.39 Å². The zero-order valence-corrected chi connectivity index (χ0v) is 15.3. The average molecular weight is 401 g/mol. The largest absolute Gasteiger partial charge is 0.299 e. The van der Waals surface area contributed by atoms with Crippen LogP contribution in [0.3, 0.4) is 0 Å². The Morgan fingerprint density at radius 1 is 1.00 bits per heavy atom. The first kappa shape index (κ1) is 18.6. The van der Waals surface area contributed by atoms with Crippen LogP contribution in [0, 0.1) is 10.1 Å². The van der Waals surface area contributed by atoms with Gasteiger partial charge in [-0.25, -0.2) is 0 Å². The van der Waals surface area contributed by atoms with Crippen molar-refractivity contribution in [3.63, 3.8) is 0 Å². The number of anilines is 1. The van der Waals surface area contributed by atoms with Gasteiger partial charge in [0.1, 0.15) is 0 Å². The molecule has 0 aliphatic heterocycles. The number of benzene rings is 3. The number of hydrogen-bond acceptors (Lipinski definition) is 5. The molecule has 0 atom stereocenters. The number of thiocarbonyl (C=S) groups is 1. The van der Waals surface area contributed by atoms with Crippen LogP contribution in [0.2, 0.25) is 5.02 Å². The highest BCUT2D eigenvalue weighted by molar-refractivity contribution is 7.80. The van der Waals surface area contributed by atoms with Crippen LogP contribution in [0.25, 0.3) is 10.8 Å². The Labute approximate surface area is 164 Å². The summed E-state index contributed by atoms with van der Waals surface area (Å²) in [5.74, 6) is -0.383. The minimum absolute atomic E-state index is 0.0222. The number of nitrogens with zero attached hydrogens (tertiary/aromatic N) is 1. The lowest BCUT2D eigenvalue weighted by molar-refractivity contribution is -0.384. The summed E-state index contributed by atoms with van der Waals surface area (Å²) in [4.78, 5) is 22.7. The van der Waals surface area contributed by atoms with E-state index in [0.29, 0.717) is 21.7 Å². The third-order valence-electron chi connectivity index (χ3n) is 3.74. The van der Waals surface area contributed by atoms with Crippen LogP contribution < -0.4 is 16.2 Å². The van der Waals surface area contributed by atoms with E-state index in [9.17, 15) is 14.9 Å². The number of carbonyl (C=O) groups excluding carboxylic acids is 1. The quantitative estimate of drug-likeness (QED) is 0.347. The molecule has 7 nitrogen and oxygen atoms in total. The van der Waals surface area contributed by atoms with E-state index in [1.165, 1.54) is 24.3 Å². The topological polar surface area (TPSA) is 96.3 Å². The third kappa shape index (κ3) is 4.30. The fourth-order valence-corrected chi connectivity index (χ4v) is 2.85. The zero-order chi connectivity index (χ0) is 19.4. The van der Waals surface area contributed by atoms with Gasteiger partial charge in [0.25, 0.3) is 11.6 Å². The second-order valence-electron chi connectivity index (χ2n) is 5.48. The number of non-ortho nitro benzene ring substituents is 1. The molecule has 0 aromatic heterocycles. The van der Waals surface area contributed by atoms with Crippen molar-refractivity contribution < 1.29 is 9.72 Å². The lowest BCUT2D eigenvalue weighted by Crippen LogP contribution is -2.42. The summed E-state index contributed by atoms with van der Waals surface area (Å²) in [6, 6.07) is 16.3. The SMILES string of the molecule is O=C(NC(=S)NNc1ccc([N+](=O)[O-])cc1)c1cccc2c(Cl)cccc12. The number of carbonyl (C=O) groups is 1. The van der Waals surface area contributed by atoms with Gasteiger partial charge in [0.15, 0.2) is 5.11 Å². The normalized spacial score (nSPS) is 10.3. The molecule has 0 spiro atoms. The number of nitro groups is 1. The lowest BCUT2D eigenvalue weighted by atomic mass is 10.0. The maximum Gasteiger partial charge on any atom is 0.269 e. The summed E-state index contributed by atoms with van der Waals surface area (Å²) in [6.07, 6.45) is 0. The molecule has 0 saturated carbocycles. The predicted molar refractivity (Wildman–Crippen MR) is 109 cm³/mol. The van der Waals surface area contributed by atoms with Gasteiger partial charge in [-0.15, -0.1) is 0 Å². The monoisotopic (exact) mass is 400 g/mol. The van der Waals surface area contributed by atoms with Gasteiger partial charge in [-0.1, -0.05) is 35.9 Å². The molecule has 9 heteroatoms. The summed E-state index contributed by atoms with van der Waals surface area (Å²) in [5.41, 5.74) is 6.39. The van der Waals surface area contributed by atoms with Crippen molar-refractivity contribution in [2.45, 2.75) is 0 Å². The number of nitro benzene ring substituents is 1. The van der Waals surface area contributed by atoms with Crippen LogP contribution in [-0.4, -0.2) is 15.9 Å². The minimum atomic E-state index is -0.488. The fourth-order valence-electron chi connectivity index (χ4n) is 2.47. The molecule has 0 saturated heterocycles. The first-order chi connectivity index (χ1) is 13.0. The van der Waals surface area contributed by atoms with E-state index in [4.69, 9.17) is 23.8 Å². The molecule has 27 heavy (non-hydrogen) atoms. The second-order valence-corrected chi connectivity index (χ2v) is 6.29. The van der Waals surface area contributed by atoms with Gasteiger partial charge < -0.3 is 0 Å². The first-order valence-corrected chi connectivity index (χ1v) is 8.53. The number of amides is 1. The fraction of sp³-hybridized carbons (Fsp3) is 0. The van der Waals surface area contributed by atoms with E-state index in [1.54, 1.807) is 24.3 Å². The van der Waals surface area contributed by atoms with Gasteiger partial charge >= 0.3 is 0 Å². The zero-order valence-electron chi connectivity index (χ0n) is 13.7. The van der Waals surface area contributed by atoms with Gasteiger partial charge in [-0.3, -0.25) is 31.1 Å². The van der Waals surface area contributed by atoms with E-state index in [1.807, 2.05) is 12.1 Å². The molecule has 1 amide bonds. The molecule has 0 radical (unpaired) electrons.